The highest BCUT2D eigenvalue weighted by Gasteiger charge is 2.13. The van der Waals surface area contributed by atoms with Crippen molar-refractivity contribution in [3.63, 3.8) is 0 Å². The number of primary amides is 1. The van der Waals surface area contributed by atoms with E-state index in [1.54, 1.807) is 13.8 Å². The summed E-state index contributed by atoms with van der Waals surface area (Å²) in [5, 5.41) is 9.14. The second kappa shape index (κ2) is 4.89. The molecule has 0 atom stereocenters. The summed E-state index contributed by atoms with van der Waals surface area (Å²) in [4.78, 5) is 27.1. The summed E-state index contributed by atoms with van der Waals surface area (Å²) in [6.45, 7) is 3.47. The van der Waals surface area contributed by atoms with Crippen molar-refractivity contribution in [2.45, 2.75) is 13.8 Å². The third-order valence-electron chi connectivity index (χ3n) is 2.69. The number of hydrogen-bond acceptors (Lipinski definition) is 4. The van der Waals surface area contributed by atoms with Gasteiger partial charge >= 0.3 is 0 Å². The highest BCUT2D eigenvalue weighted by molar-refractivity contribution is 6.05. The first-order valence-corrected chi connectivity index (χ1v) is 5.57. The van der Waals surface area contributed by atoms with E-state index < -0.39 is 5.91 Å². The van der Waals surface area contributed by atoms with Crippen molar-refractivity contribution >= 4 is 17.5 Å². The molecule has 2 aromatic rings. The number of amides is 2. The van der Waals surface area contributed by atoms with Crippen LogP contribution in [0.25, 0.3) is 0 Å². The van der Waals surface area contributed by atoms with Crippen LogP contribution in [0.1, 0.15) is 32.1 Å². The van der Waals surface area contributed by atoms with Gasteiger partial charge < -0.3 is 11.1 Å². The summed E-state index contributed by atoms with van der Waals surface area (Å²) in [5.74, 6) is -0.916. The van der Waals surface area contributed by atoms with Crippen LogP contribution in [0.5, 0.6) is 0 Å². The maximum absolute atomic E-state index is 12.0. The Morgan fingerprint density at radius 3 is 2.63 bits per heavy atom. The Morgan fingerprint density at radius 2 is 2.05 bits per heavy atom. The minimum Gasteiger partial charge on any atom is -0.366 e. The van der Waals surface area contributed by atoms with Crippen LogP contribution in [0, 0.1) is 13.8 Å². The molecule has 98 valence electrons. The molecule has 7 nitrogen and oxygen atoms in total. The largest absolute Gasteiger partial charge is 0.366 e. The molecule has 0 aliphatic carbocycles. The molecule has 0 saturated heterocycles. The van der Waals surface area contributed by atoms with Crippen LogP contribution in [-0.4, -0.2) is 27.0 Å². The van der Waals surface area contributed by atoms with Gasteiger partial charge in [0, 0.05) is 11.9 Å². The lowest BCUT2D eigenvalue weighted by Crippen LogP contribution is -2.16. The first kappa shape index (κ1) is 12.7. The van der Waals surface area contributed by atoms with Crippen LogP contribution in [0.4, 0.5) is 5.69 Å². The van der Waals surface area contributed by atoms with Gasteiger partial charge in [-0.2, -0.15) is 5.10 Å². The van der Waals surface area contributed by atoms with Gasteiger partial charge in [0.05, 0.1) is 28.7 Å². The van der Waals surface area contributed by atoms with Crippen molar-refractivity contribution in [3.05, 3.63) is 41.0 Å². The lowest BCUT2D eigenvalue weighted by Gasteiger charge is -2.08. The van der Waals surface area contributed by atoms with E-state index in [0.29, 0.717) is 22.6 Å². The topological polar surface area (TPSA) is 114 Å². The Kier molecular flexibility index (Phi) is 3.28. The van der Waals surface area contributed by atoms with E-state index in [2.05, 4.69) is 20.5 Å². The van der Waals surface area contributed by atoms with Crippen LogP contribution in [-0.2, 0) is 0 Å². The molecule has 2 aromatic heterocycles. The number of aromatic nitrogens is 3. The summed E-state index contributed by atoms with van der Waals surface area (Å²) in [6.07, 6.45) is 2.81. The number of aryl methyl sites for hydroxylation is 2. The lowest BCUT2D eigenvalue weighted by molar-refractivity contribution is 0.0995. The predicted octanol–water partition coefficient (Wildman–Crippen LogP) is 0.773. The summed E-state index contributed by atoms with van der Waals surface area (Å²) in [6, 6.07) is 1.50. The third kappa shape index (κ3) is 2.59. The molecule has 0 spiro atoms. The Bertz CT molecular complexity index is 647. The molecule has 2 amide bonds. The molecule has 2 rings (SSSR count). The molecule has 4 N–H and O–H groups in total. The number of hydrogen-bond donors (Lipinski definition) is 3. The summed E-state index contributed by atoms with van der Waals surface area (Å²) in [5.41, 5.74) is 7.55. The Morgan fingerprint density at radius 1 is 1.32 bits per heavy atom. The zero-order valence-corrected chi connectivity index (χ0v) is 10.5. The number of H-pyrrole nitrogens is 1. The predicted molar refractivity (Wildman–Crippen MR) is 68.8 cm³/mol. The number of rotatable bonds is 3. The van der Waals surface area contributed by atoms with Gasteiger partial charge in [-0.3, -0.25) is 19.7 Å². The Hall–Kier alpha value is -2.70. The molecule has 0 radical (unpaired) electrons. The van der Waals surface area contributed by atoms with Gasteiger partial charge in [-0.1, -0.05) is 0 Å². The molecule has 2 heterocycles. The van der Waals surface area contributed by atoms with E-state index in [4.69, 9.17) is 5.73 Å². The molecule has 0 bridgehead atoms. The number of aromatic amines is 1. The highest BCUT2D eigenvalue weighted by atomic mass is 16.2. The maximum Gasteiger partial charge on any atom is 0.259 e. The zero-order chi connectivity index (χ0) is 14.0. The smallest absolute Gasteiger partial charge is 0.259 e. The third-order valence-corrected chi connectivity index (χ3v) is 2.69. The van der Waals surface area contributed by atoms with E-state index in [0.717, 1.165) is 0 Å². The van der Waals surface area contributed by atoms with Gasteiger partial charge in [0.25, 0.3) is 5.91 Å². The molecule has 0 aromatic carbocycles. The molecule has 0 unspecified atom stereocenters. The van der Waals surface area contributed by atoms with E-state index >= 15 is 0 Å². The van der Waals surface area contributed by atoms with Gasteiger partial charge in [0.2, 0.25) is 5.91 Å². The minimum absolute atomic E-state index is 0.241. The number of nitrogens with one attached hydrogen (secondary N) is 2. The monoisotopic (exact) mass is 259 g/mol. The van der Waals surface area contributed by atoms with E-state index in [-0.39, 0.29) is 11.5 Å². The van der Waals surface area contributed by atoms with Crippen molar-refractivity contribution in [1.29, 1.82) is 0 Å². The van der Waals surface area contributed by atoms with E-state index in [1.807, 2.05) is 0 Å². The van der Waals surface area contributed by atoms with Crippen LogP contribution in [0.3, 0.4) is 0 Å². The summed E-state index contributed by atoms with van der Waals surface area (Å²) >= 11 is 0. The number of pyridine rings is 1. The van der Waals surface area contributed by atoms with Crippen molar-refractivity contribution in [1.82, 2.24) is 15.2 Å². The molecule has 7 heteroatoms. The number of anilines is 1. The van der Waals surface area contributed by atoms with Gasteiger partial charge in [0.15, 0.2) is 0 Å². The molecule has 0 saturated carbocycles. The fourth-order valence-electron chi connectivity index (χ4n) is 1.56. The summed E-state index contributed by atoms with van der Waals surface area (Å²) < 4.78 is 0. The highest BCUT2D eigenvalue weighted by Crippen LogP contribution is 2.15. The fourth-order valence-corrected chi connectivity index (χ4v) is 1.56. The first-order chi connectivity index (χ1) is 8.99. The second-order valence-corrected chi connectivity index (χ2v) is 4.08. The molecule has 0 fully saturated rings. The number of nitrogens with two attached hydrogens (primary N) is 1. The maximum atomic E-state index is 12.0. The molecule has 0 aliphatic rings. The van der Waals surface area contributed by atoms with Crippen molar-refractivity contribution in [2.75, 3.05) is 5.32 Å². The molecular weight excluding hydrogens is 246 g/mol. The number of nitrogens with zero attached hydrogens (tertiary/aromatic N) is 2. The van der Waals surface area contributed by atoms with Gasteiger partial charge in [0.1, 0.15) is 0 Å². The standard InChI is InChI=1S/C12H13N5O2/c1-6-9(5-15-17-6)12(19)16-10-3-8(11(13)18)4-14-7(10)2/h3-5H,1-2H3,(H2,13,18)(H,15,17)(H,16,19). The molecular formula is C12H13N5O2. The Labute approximate surface area is 109 Å². The van der Waals surface area contributed by atoms with Crippen LogP contribution in [0.2, 0.25) is 0 Å². The van der Waals surface area contributed by atoms with Crippen molar-refractivity contribution in [3.8, 4) is 0 Å². The van der Waals surface area contributed by atoms with Crippen LogP contribution in [0.15, 0.2) is 18.5 Å². The first-order valence-electron chi connectivity index (χ1n) is 5.57. The SMILES string of the molecule is Cc1ncc(C(N)=O)cc1NC(=O)c1cn[nH]c1C. The summed E-state index contributed by atoms with van der Waals surface area (Å²) in [7, 11) is 0. The van der Waals surface area contributed by atoms with E-state index in [1.165, 1.54) is 18.5 Å². The van der Waals surface area contributed by atoms with Crippen molar-refractivity contribution in [2.24, 2.45) is 5.73 Å². The van der Waals surface area contributed by atoms with Crippen LogP contribution < -0.4 is 11.1 Å². The van der Waals surface area contributed by atoms with Gasteiger partial charge in [-0.05, 0) is 19.9 Å². The minimum atomic E-state index is -0.595. The average molecular weight is 259 g/mol. The number of carbonyl (C=O) groups excluding carboxylic acids is 2. The zero-order valence-electron chi connectivity index (χ0n) is 10.5. The van der Waals surface area contributed by atoms with Crippen LogP contribution >= 0.6 is 0 Å². The van der Waals surface area contributed by atoms with E-state index in [9.17, 15) is 9.59 Å². The lowest BCUT2D eigenvalue weighted by atomic mass is 10.2. The average Bonchev–Trinajstić information content (AvgIpc) is 2.78. The van der Waals surface area contributed by atoms with Crippen molar-refractivity contribution < 1.29 is 9.59 Å². The van der Waals surface area contributed by atoms with Gasteiger partial charge in [-0.25, -0.2) is 0 Å². The number of carbonyl (C=O) groups is 2. The molecule has 0 aliphatic heterocycles. The Balaban J connectivity index is 2.28. The molecule has 19 heavy (non-hydrogen) atoms. The fraction of sp³-hybridized carbons (Fsp3) is 0.167. The normalized spacial score (nSPS) is 10.2. The quantitative estimate of drug-likeness (QED) is 0.755. The second-order valence-electron chi connectivity index (χ2n) is 4.08. The van der Waals surface area contributed by atoms with Gasteiger partial charge in [-0.15, -0.1) is 0 Å².